The molecule has 1 N–H and O–H groups in total. The van der Waals surface area contributed by atoms with Gasteiger partial charge in [-0.25, -0.2) is 4.79 Å². The van der Waals surface area contributed by atoms with Crippen LogP contribution < -0.4 is 5.32 Å². The van der Waals surface area contributed by atoms with E-state index in [1.54, 1.807) is 18.2 Å². The topological polar surface area (TPSA) is 60.3 Å². The number of ether oxygens (including phenoxy) is 1. The molecule has 0 unspecified atom stereocenters. The number of carbonyl (C=O) groups excluding carboxylic acids is 2. The number of nitrogens with zero attached hydrogens (tertiary/aromatic N) is 1. The number of rotatable bonds is 8. The SMILES string of the molecule is O=C(COC(=O)c1cccc(-n2cccc2)c1)N[C@@H](Cc1ccccc1)c1ccccc1. The lowest BCUT2D eigenvalue weighted by molar-refractivity contribution is -0.125. The average Bonchev–Trinajstić information content (AvgIpc) is 3.39. The summed E-state index contributed by atoms with van der Waals surface area (Å²) < 4.78 is 7.19. The first-order valence-electron chi connectivity index (χ1n) is 10.5. The Hall–Kier alpha value is -4.12. The second kappa shape index (κ2) is 10.3. The minimum Gasteiger partial charge on any atom is -0.452 e. The summed E-state index contributed by atoms with van der Waals surface area (Å²) >= 11 is 0. The third-order valence-electron chi connectivity index (χ3n) is 5.14. The molecule has 0 fully saturated rings. The zero-order valence-electron chi connectivity index (χ0n) is 17.6. The first kappa shape index (κ1) is 21.1. The fourth-order valence-corrected chi connectivity index (χ4v) is 3.54. The van der Waals surface area contributed by atoms with Crippen molar-refractivity contribution >= 4 is 11.9 Å². The Morgan fingerprint density at radius 1 is 0.812 bits per heavy atom. The molecule has 0 radical (unpaired) electrons. The van der Waals surface area contributed by atoms with E-state index in [2.05, 4.69) is 5.32 Å². The van der Waals surface area contributed by atoms with E-state index in [9.17, 15) is 9.59 Å². The van der Waals surface area contributed by atoms with Gasteiger partial charge in [0.25, 0.3) is 5.91 Å². The van der Waals surface area contributed by atoms with E-state index in [0.717, 1.165) is 16.8 Å². The lowest BCUT2D eigenvalue weighted by atomic mass is 9.99. The van der Waals surface area contributed by atoms with E-state index >= 15 is 0 Å². The normalized spacial score (nSPS) is 11.5. The first-order valence-corrected chi connectivity index (χ1v) is 10.5. The van der Waals surface area contributed by atoms with Gasteiger partial charge in [-0.15, -0.1) is 0 Å². The van der Waals surface area contributed by atoms with Gasteiger partial charge in [0.2, 0.25) is 0 Å². The Bertz CT molecular complexity index is 1160. The number of carbonyl (C=O) groups is 2. The Morgan fingerprint density at radius 3 is 2.22 bits per heavy atom. The number of esters is 1. The van der Waals surface area contributed by atoms with Crippen molar-refractivity contribution in [3.05, 3.63) is 126 Å². The molecule has 1 heterocycles. The molecule has 0 aliphatic rings. The van der Waals surface area contributed by atoms with E-state index < -0.39 is 5.97 Å². The highest BCUT2D eigenvalue weighted by Gasteiger charge is 2.17. The summed E-state index contributed by atoms with van der Waals surface area (Å²) in [6, 6.07) is 30.5. The van der Waals surface area contributed by atoms with E-state index in [0.29, 0.717) is 12.0 Å². The molecule has 0 aliphatic carbocycles. The highest BCUT2D eigenvalue weighted by atomic mass is 16.5. The summed E-state index contributed by atoms with van der Waals surface area (Å²) in [7, 11) is 0. The van der Waals surface area contributed by atoms with E-state index in [-0.39, 0.29) is 18.6 Å². The molecule has 4 aromatic rings. The van der Waals surface area contributed by atoms with Crippen LogP contribution in [0.2, 0.25) is 0 Å². The summed E-state index contributed by atoms with van der Waals surface area (Å²) in [5, 5.41) is 3.00. The smallest absolute Gasteiger partial charge is 0.338 e. The van der Waals surface area contributed by atoms with Crippen molar-refractivity contribution in [2.24, 2.45) is 0 Å². The van der Waals surface area contributed by atoms with Gasteiger partial charge < -0.3 is 14.6 Å². The fourth-order valence-electron chi connectivity index (χ4n) is 3.54. The minimum absolute atomic E-state index is 0.220. The maximum absolute atomic E-state index is 12.6. The number of nitrogens with one attached hydrogen (secondary N) is 1. The third-order valence-corrected chi connectivity index (χ3v) is 5.14. The maximum Gasteiger partial charge on any atom is 0.338 e. The molecule has 0 aliphatic heterocycles. The van der Waals surface area contributed by atoms with E-state index in [1.165, 1.54) is 0 Å². The number of hydrogen-bond donors (Lipinski definition) is 1. The van der Waals surface area contributed by atoms with Gasteiger partial charge in [-0.3, -0.25) is 4.79 Å². The van der Waals surface area contributed by atoms with Gasteiger partial charge in [-0.1, -0.05) is 66.7 Å². The molecule has 1 amide bonds. The van der Waals surface area contributed by atoms with Crippen molar-refractivity contribution in [3.8, 4) is 5.69 Å². The van der Waals surface area contributed by atoms with Crippen molar-refractivity contribution in [3.63, 3.8) is 0 Å². The Labute approximate surface area is 187 Å². The van der Waals surface area contributed by atoms with Crippen molar-refractivity contribution in [2.75, 3.05) is 6.61 Å². The summed E-state index contributed by atoms with van der Waals surface area (Å²) in [6.45, 7) is -0.343. The monoisotopic (exact) mass is 424 g/mol. The van der Waals surface area contributed by atoms with Gasteiger partial charge in [-0.2, -0.15) is 0 Å². The van der Waals surface area contributed by atoms with Gasteiger partial charge in [0.05, 0.1) is 11.6 Å². The highest BCUT2D eigenvalue weighted by Crippen LogP contribution is 2.18. The van der Waals surface area contributed by atoms with Crippen molar-refractivity contribution in [1.82, 2.24) is 9.88 Å². The molecule has 0 spiro atoms. The molecule has 160 valence electrons. The predicted molar refractivity (Wildman–Crippen MR) is 124 cm³/mol. The van der Waals surface area contributed by atoms with Crippen LogP contribution >= 0.6 is 0 Å². The predicted octanol–water partition coefficient (Wildman–Crippen LogP) is 4.73. The second-order valence-electron chi connectivity index (χ2n) is 7.44. The molecule has 5 heteroatoms. The molecule has 1 atom stereocenters. The second-order valence-corrected chi connectivity index (χ2v) is 7.44. The molecule has 0 saturated carbocycles. The van der Waals surface area contributed by atoms with Crippen molar-refractivity contribution in [2.45, 2.75) is 12.5 Å². The van der Waals surface area contributed by atoms with Gasteiger partial charge >= 0.3 is 5.97 Å². The number of aromatic nitrogens is 1. The lowest BCUT2D eigenvalue weighted by Crippen LogP contribution is -2.33. The molecule has 3 aromatic carbocycles. The molecule has 5 nitrogen and oxygen atoms in total. The first-order chi connectivity index (χ1) is 15.7. The van der Waals surface area contributed by atoms with Crippen LogP contribution in [0.3, 0.4) is 0 Å². The number of benzene rings is 3. The standard InChI is InChI=1S/C27H24N2O3/c30-26(20-32-27(31)23-14-9-15-24(19-23)29-16-7-8-17-29)28-25(22-12-5-2-6-13-22)18-21-10-3-1-4-11-21/h1-17,19,25H,18,20H2,(H,28,30)/t25-/m0/s1. The Morgan fingerprint density at radius 2 is 1.50 bits per heavy atom. The van der Waals surface area contributed by atoms with Gasteiger partial charge in [0.15, 0.2) is 6.61 Å². The van der Waals surface area contributed by atoms with Crippen LogP contribution in [0.4, 0.5) is 0 Å². The zero-order valence-corrected chi connectivity index (χ0v) is 17.6. The van der Waals surface area contributed by atoms with Crippen LogP contribution in [-0.4, -0.2) is 23.1 Å². The molecule has 0 bridgehead atoms. The molecular formula is C27H24N2O3. The Balaban J connectivity index is 1.39. The van der Waals surface area contributed by atoms with Crippen molar-refractivity contribution < 1.29 is 14.3 Å². The van der Waals surface area contributed by atoms with Crippen LogP contribution in [0.25, 0.3) is 5.69 Å². The summed E-state index contributed by atoms with van der Waals surface area (Å²) in [6.07, 6.45) is 4.44. The van der Waals surface area contributed by atoms with E-state index in [1.807, 2.05) is 95.8 Å². The highest BCUT2D eigenvalue weighted by molar-refractivity contribution is 5.91. The van der Waals surface area contributed by atoms with Gasteiger partial charge in [0.1, 0.15) is 0 Å². The van der Waals surface area contributed by atoms with Gasteiger partial charge in [-0.05, 0) is 47.9 Å². The largest absolute Gasteiger partial charge is 0.452 e. The van der Waals surface area contributed by atoms with Crippen LogP contribution in [0.1, 0.15) is 27.5 Å². The summed E-state index contributed by atoms with van der Waals surface area (Å²) in [5.74, 6) is -0.877. The molecule has 0 saturated heterocycles. The Kier molecular flexibility index (Phi) is 6.78. The molecule has 4 rings (SSSR count). The number of amides is 1. The van der Waals surface area contributed by atoms with Crippen LogP contribution in [0, 0.1) is 0 Å². The van der Waals surface area contributed by atoms with Gasteiger partial charge in [0, 0.05) is 18.1 Å². The summed E-state index contributed by atoms with van der Waals surface area (Å²) in [4.78, 5) is 25.1. The minimum atomic E-state index is -0.534. The van der Waals surface area contributed by atoms with E-state index in [4.69, 9.17) is 4.74 Å². The average molecular weight is 425 g/mol. The maximum atomic E-state index is 12.6. The molecular weight excluding hydrogens is 400 g/mol. The van der Waals surface area contributed by atoms with Crippen molar-refractivity contribution in [1.29, 1.82) is 0 Å². The van der Waals surface area contributed by atoms with Crippen LogP contribution in [-0.2, 0) is 16.0 Å². The quantitative estimate of drug-likeness (QED) is 0.416. The third kappa shape index (κ3) is 5.52. The molecule has 1 aromatic heterocycles. The molecule has 32 heavy (non-hydrogen) atoms. The zero-order chi connectivity index (χ0) is 22.2. The fraction of sp³-hybridized carbons (Fsp3) is 0.111. The summed E-state index contributed by atoms with van der Waals surface area (Å²) in [5.41, 5.74) is 3.35. The van der Waals surface area contributed by atoms with Crippen LogP contribution in [0.15, 0.2) is 109 Å². The number of hydrogen-bond acceptors (Lipinski definition) is 3. The lowest BCUT2D eigenvalue weighted by Gasteiger charge is -2.19. The van der Waals surface area contributed by atoms with Crippen LogP contribution in [0.5, 0.6) is 0 Å².